The summed E-state index contributed by atoms with van der Waals surface area (Å²) in [6.07, 6.45) is 1.92. The van der Waals surface area contributed by atoms with Gasteiger partial charge in [-0.3, -0.25) is 4.79 Å². The van der Waals surface area contributed by atoms with Crippen molar-refractivity contribution in [3.63, 3.8) is 0 Å². The third kappa shape index (κ3) is 3.20. The Morgan fingerprint density at radius 2 is 2.20 bits per heavy atom. The van der Waals surface area contributed by atoms with Crippen molar-refractivity contribution in [2.45, 2.75) is 26.7 Å². The van der Waals surface area contributed by atoms with E-state index in [9.17, 15) is 9.59 Å². The molecule has 80 valence electrons. The molecule has 0 heterocycles. The fourth-order valence-electron chi connectivity index (χ4n) is 1.45. The monoisotopic (exact) mass is 206 g/mol. The summed E-state index contributed by atoms with van der Waals surface area (Å²) in [4.78, 5) is 21.2. The molecule has 0 atom stereocenters. The molecule has 1 rings (SSSR count). The van der Waals surface area contributed by atoms with E-state index in [-0.39, 0.29) is 5.97 Å². The van der Waals surface area contributed by atoms with Crippen LogP contribution in [0, 0.1) is 6.92 Å². The van der Waals surface area contributed by atoms with Gasteiger partial charge >= 0.3 is 5.97 Å². The summed E-state index contributed by atoms with van der Waals surface area (Å²) in [5.41, 5.74) is 1.97. The van der Waals surface area contributed by atoms with Crippen molar-refractivity contribution >= 4 is 12.3 Å². The first-order chi connectivity index (χ1) is 7.15. The van der Waals surface area contributed by atoms with Crippen LogP contribution in [0.3, 0.4) is 0 Å². The van der Waals surface area contributed by atoms with E-state index in [4.69, 9.17) is 4.74 Å². The highest BCUT2D eigenvalue weighted by Crippen LogP contribution is 2.23. The molecule has 0 aromatic heterocycles. The lowest BCUT2D eigenvalue weighted by Crippen LogP contribution is -2.05. The maximum Gasteiger partial charge on any atom is 0.308 e. The van der Waals surface area contributed by atoms with E-state index in [1.807, 2.05) is 19.1 Å². The fraction of sp³-hybridized carbons (Fsp3) is 0.333. The van der Waals surface area contributed by atoms with Crippen molar-refractivity contribution in [1.82, 2.24) is 0 Å². The highest BCUT2D eigenvalue weighted by atomic mass is 16.5. The second-order valence-corrected chi connectivity index (χ2v) is 3.35. The van der Waals surface area contributed by atoms with Crippen molar-refractivity contribution in [2.24, 2.45) is 0 Å². The molecule has 3 nitrogen and oxygen atoms in total. The van der Waals surface area contributed by atoms with Gasteiger partial charge in [-0.25, -0.2) is 0 Å². The Labute approximate surface area is 89.1 Å². The van der Waals surface area contributed by atoms with Crippen LogP contribution in [0.5, 0.6) is 5.75 Å². The first kappa shape index (κ1) is 11.4. The van der Waals surface area contributed by atoms with Gasteiger partial charge in [-0.15, -0.1) is 0 Å². The van der Waals surface area contributed by atoms with Crippen LogP contribution in [0.2, 0.25) is 0 Å². The third-order valence-electron chi connectivity index (χ3n) is 2.13. The zero-order valence-electron chi connectivity index (χ0n) is 8.95. The molecular formula is C12H14O3. The van der Waals surface area contributed by atoms with E-state index in [1.165, 1.54) is 6.92 Å². The fourth-order valence-corrected chi connectivity index (χ4v) is 1.45. The smallest absolute Gasteiger partial charge is 0.308 e. The second-order valence-electron chi connectivity index (χ2n) is 3.35. The number of hydrogen-bond donors (Lipinski definition) is 0. The Balaban J connectivity index is 2.96. The largest absolute Gasteiger partial charge is 0.426 e. The van der Waals surface area contributed by atoms with Gasteiger partial charge in [0.2, 0.25) is 0 Å². The Bertz CT molecular complexity index is 369. The number of aldehydes is 1. The number of esters is 1. The van der Waals surface area contributed by atoms with Gasteiger partial charge in [-0.2, -0.15) is 0 Å². The topological polar surface area (TPSA) is 43.4 Å². The van der Waals surface area contributed by atoms with Crippen molar-refractivity contribution < 1.29 is 14.3 Å². The average Bonchev–Trinajstić information content (AvgIpc) is 2.16. The van der Waals surface area contributed by atoms with E-state index in [0.29, 0.717) is 18.6 Å². The van der Waals surface area contributed by atoms with Crippen molar-refractivity contribution in [3.05, 3.63) is 29.3 Å². The minimum Gasteiger partial charge on any atom is -0.426 e. The number of hydrogen-bond acceptors (Lipinski definition) is 3. The van der Waals surface area contributed by atoms with E-state index >= 15 is 0 Å². The molecule has 0 aliphatic heterocycles. The maximum atomic E-state index is 10.9. The molecule has 1 aromatic carbocycles. The van der Waals surface area contributed by atoms with Crippen LogP contribution in [-0.2, 0) is 16.0 Å². The van der Waals surface area contributed by atoms with Crippen LogP contribution in [-0.4, -0.2) is 12.3 Å². The molecule has 0 radical (unpaired) electrons. The minimum atomic E-state index is -0.340. The van der Waals surface area contributed by atoms with Gasteiger partial charge in [0.15, 0.2) is 0 Å². The standard InChI is InChI=1S/C12H14O3/c1-9-5-3-7-12(15-10(2)14)11(9)6-4-8-13/h3,5,7-8H,4,6H2,1-2H3. The molecule has 0 saturated heterocycles. The number of ether oxygens (including phenoxy) is 1. The summed E-state index contributed by atoms with van der Waals surface area (Å²) in [5.74, 6) is 0.220. The van der Waals surface area contributed by atoms with Gasteiger partial charge in [0.05, 0.1) is 0 Å². The summed E-state index contributed by atoms with van der Waals surface area (Å²) >= 11 is 0. The van der Waals surface area contributed by atoms with Gasteiger partial charge in [-0.1, -0.05) is 12.1 Å². The molecular weight excluding hydrogens is 192 g/mol. The highest BCUT2D eigenvalue weighted by Gasteiger charge is 2.08. The number of carbonyl (C=O) groups excluding carboxylic acids is 2. The van der Waals surface area contributed by atoms with E-state index in [0.717, 1.165) is 17.4 Å². The molecule has 0 aliphatic carbocycles. The van der Waals surface area contributed by atoms with Crippen molar-refractivity contribution in [3.8, 4) is 5.75 Å². The number of rotatable bonds is 4. The zero-order valence-corrected chi connectivity index (χ0v) is 8.95. The molecule has 15 heavy (non-hydrogen) atoms. The van der Waals surface area contributed by atoms with Gasteiger partial charge in [0, 0.05) is 13.3 Å². The Morgan fingerprint density at radius 1 is 1.47 bits per heavy atom. The number of carbonyl (C=O) groups is 2. The molecule has 0 bridgehead atoms. The van der Waals surface area contributed by atoms with Crippen LogP contribution >= 0.6 is 0 Å². The number of aryl methyl sites for hydroxylation is 1. The first-order valence-electron chi connectivity index (χ1n) is 4.85. The van der Waals surface area contributed by atoms with Crippen LogP contribution in [0.4, 0.5) is 0 Å². The highest BCUT2D eigenvalue weighted by molar-refractivity contribution is 5.70. The predicted molar refractivity (Wildman–Crippen MR) is 56.9 cm³/mol. The molecule has 0 saturated carbocycles. The average molecular weight is 206 g/mol. The van der Waals surface area contributed by atoms with Crippen molar-refractivity contribution in [1.29, 1.82) is 0 Å². The lowest BCUT2D eigenvalue weighted by molar-refractivity contribution is -0.131. The minimum absolute atomic E-state index is 0.340. The SMILES string of the molecule is CC(=O)Oc1cccc(C)c1CCC=O. The number of benzene rings is 1. The summed E-state index contributed by atoms with van der Waals surface area (Å²) in [6.45, 7) is 3.30. The van der Waals surface area contributed by atoms with Crippen LogP contribution in [0.15, 0.2) is 18.2 Å². The molecule has 0 unspecified atom stereocenters. The van der Waals surface area contributed by atoms with Gasteiger partial charge < -0.3 is 9.53 Å². The van der Waals surface area contributed by atoms with E-state index < -0.39 is 0 Å². The summed E-state index contributed by atoms with van der Waals surface area (Å²) in [7, 11) is 0. The summed E-state index contributed by atoms with van der Waals surface area (Å²) in [6, 6.07) is 5.51. The zero-order chi connectivity index (χ0) is 11.3. The lowest BCUT2D eigenvalue weighted by Gasteiger charge is -2.10. The Hall–Kier alpha value is -1.64. The molecule has 0 aliphatic rings. The molecule has 0 fully saturated rings. The van der Waals surface area contributed by atoms with Crippen LogP contribution in [0.1, 0.15) is 24.5 Å². The van der Waals surface area contributed by atoms with Gasteiger partial charge in [-0.05, 0) is 30.5 Å². The van der Waals surface area contributed by atoms with Crippen LogP contribution < -0.4 is 4.74 Å². The quantitative estimate of drug-likeness (QED) is 0.430. The Kier molecular flexibility index (Phi) is 4.03. The molecule has 3 heteroatoms. The first-order valence-corrected chi connectivity index (χ1v) is 4.85. The molecule has 0 spiro atoms. The summed E-state index contributed by atoms with van der Waals surface area (Å²) in [5, 5.41) is 0. The molecule has 0 N–H and O–H groups in total. The van der Waals surface area contributed by atoms with E-state index in [1.54, 1.807) is 6.07 Å². The van der Waals surface area contributed by atoms with E-state index in [2.05, 4.69) is 0 Å². The molecule has 1 aromatic rings. The van der Waals surface area contributed by atoms with Gasteiger partial charge in [0.1, 0.15) is 12.0 Å². The lowest BCUT2D eigenvalue weighted by atomic mass is 10.0. The summed E-state index contributed by atoms with van der Waals surface area (Å²) < 4.78 is 5.07. The third-order valence-corrected chi connectivity index (χ3v) is 2.13. The van der Waals surface area contributed by atoms with Crippen LogP contribution in [0.25, 0.3) is 0 Å². The second kappa shape index (κ2) is 5.29. The molecule has 0 amide bonds. The van der Waals surface area contributed by atoms with Gasteiger partial charge in [0.25, 0.3) is 0 Å². The maximum absolute atomic E-state index is 10.9. The Morgan fingerprint density at radius 3 is 2.80 bits per heavy atom. The predicted octanol–water partition coefficient (Wildman–Crippen LogP) is 2.05. The van der Waals surface area contributed by atoms with Crippen molar-refractivity contribution in [2.75, 3.05) is 0 Å². The normalized spacial score (nSPS) is 9.73.